The Labute approximate surface area is 231 Å². The maximum absolute atomic E-state index is 13.1. The molecule has 41 heavy (non-hydrogen) atoms. The van der Waals surface area contributed by atoms with Crippen molar-refractivity contribution < 1.29 is 62.7 Å². The molecule has 0 spiro atoms. The second-order valence-corrected chi connectivity index (χ2v) is 9.22. The van der Waals surface area contributed by atoms with Crippen LogP contribution in [-0.2, 0) is 57.6 Å². The molecule has 0 aromatic heterocycles. The molecule has 3 N–H and O–H groups in total. The molecule has 3 fully saturated rings. The number of carbonyl (C=O) groups excluding carboxylic acids is 9. The molecule has 0 aromatic carbocycles. The van der Waals surface area contributed by atoms with E-state index >= 15 is 0 Å². The third-order valence-corrected chi connectivity index (χ3v) is 6.21. The molecule has 222 valence electrons. The van der Waals surface area contributed by atoms with Crippen LogP contribution in [0.5, 0.6) is 0 Å². The van der Waals surface area contributed by atoms with Crippen molar-refractivity contribution in [3.8, 4) is 0 Å². The molecule has 18 heteroatoms. The number of hydrogen-bond acceptors (Lipinski definition) is 12. The second kappa shape index (κ2) is 13.4. The highest BCUT2D eigenvalue weighted by molar-refractivity contribution is 6.02. The molecule has 3 heterocycles. The number of carboxylic acid groups (broad SMARTS) is 1. The molecule has 3 aliphatic rings. The number of imide groups is 2. The predicted octanol–water partition coefficient (Wildman–Crippen LogP) is -2.95. The molecule has 3 rings (SSSR count). The SMILES string of the molecule is O=C(O)C[C@H](NC(=O)CCC(=O)ON1C(=O)CCC1=O)C(=O)N1CCC[C@H]1C(=O)NCC(=O)ON1C(=O)CCC1=O. The topological polar surface area (TPSA) is 243 Å². The van der Waals surface area contributed by atoms with E-state index in [2.05, 4.69) is 20.3 Å². The molecule has 3 saturated heterocycles. The summed E-state index contributed by atoms with van der Waals surface area (Å²) in [6.45, 7) is -0.692. The summed E-state index contributed by atoms with van der Waals surface area (Å²) in [7, 11) is 0. The zero-order chi connectivity index (χ0) is 30.3. The summed E-state index contributed by atoms with van der Waals surface area (Å²) in [6, 6.07) is -2.73. The summed E-state index contributed by atoms with van der Waals surface area (Å²) in [5.41, 5.74) is 0. The van der Waals surface area contributed by atoms with Gasteiger partial charge in [-0.15, -0.1) is 10.1 Å². The van der Waals surface area contributed by atoms with E-state index in [1.165, 1.54) is 0 Å². The number of nitrogens with one attached hydrogen (secondary N) is 2. The fourth-order valence-electron chi connectivity index (χ4n) is 4.23. The highest BCUT2D eigenvalue weighted by atomic mass is 16.7. The number of aliphatic carboxylic acids is 1. The van der Waals surface area contributed by atoms with Gasteiger partial charge in [0.1, 0.15) is 18.6 Å². The van der Waals surface area contributed by atoms with Crippen LogP contribution in [0.3, 0.4) is 0 Å². The average Bonchev–Trinajstić information content (AvgIpc) is 3.62. The van der Waals surface area contributed by atoms with Crippen molar-refractivity contribution in [2.45, 2.75) is 69.9 Å². The number of nitrogens with zero attached hydrogens (tertiary/aromatic N) is 3. The number of likely N-dealkylation sites (tertiary alicyclic amines) is 1. The van der Waals surface area contributed by atoms with Crippen molar-refractivity contribution in [1.82, 2.24) is 25.7 Å². The van der Waals surface area contributed by atoms with Crippen molar-refractivity contribution in [2.75, 3.05) is 13.1 Å². The maximum atomic E-state index is 13.1. The van der Waals surface area contributed by atoms with Crippen LogP contribution in [0, 0.1) is 0 Å². The molecular weight excluding hydrogens is 554 g/mol. The fraction of sp³-hybridized carbons (Fsp3) is 0.565. The predicted molar refractivity (Wildman–Crippen MR) is 126 cm³/mol. The number of rotatable bonds is 12. The first-order valence-electron chi connectivity index (χ1n) is 12.6. The van der Waals surface area contributed by atoms with Crippen LogP contribution in [-0.4, -0.2) is 105 Å². The summed E-state index contributed by atoms with van der Waals surface area (Å²) in [5, 5.41) is 14.3. The molecule has 0 saturated carbocycles. The van der Waals surface area contributed by atoms with Crippen molar-refractivity contribution >= 4 is 59.3 Å². The van der Waals surface area contributed by atoms with Crippen LogP contribution < -0.4 is 10.6 Å². The van der Waals surface area contributed by atoms with Gasteiger partial charge < -0.3 is 30.3 Å². The van der Waals surface area contributed by atoms with E-state index in [1.54, 1.807) is 0 Å². The van der Waals surface area contributed by atoms with E-state index in [-0.39, 0.29) is 38.6 Å². The van der Waals surface area contributed by atoms with Gasteiger partial charge in [0.05, 0.1) is 12.8 Å². The van der Waals surface area contributed by atoms with Crippen molar-refractivity contribution in [3.05, 3.63) is 0 Å². The monoisotopic (exact) mass is 581 g/mol. The zero-order valence-corrected chi connectivity index (χ0v) is 21.6. The largest absolute Gasteiger partial charge is 0.481 e. The Kier molecular flexibility index (Phi) is 10.0. The highest BCUT2D eigenvalue weighted by Crippen LogP contribution is 2.20. The van der Waals surface area contributed by atoms with Crippen LogP contribution >= 0.6 is 0 Å². The molecule has 0 bridgehead atoms. The highest BCUT2D eigenvalue weighted by Gasteiger charge is 2.39. The van der Waals surface area contributed by atoms with E-state index < -0.39 is 97.1 Å². The van der Waals surface area contributed by atoms with Crippen molar-refractivity contribution in [3.63, 3.8) is 0 Å². The number of hydroxylamine groups is 4. The van der Waals surface area contributed by atoms with Gasteiger partial charge in [-0.1, -0.05) is 0 Å². The van der Waals surface area contributed by atoms with E-state index in [4.69, 9.17) is 0 Å². The first kappa shape index (κ1) is 30.6. The number of amides is 7. The first-order chi connectivity index (χ1) is 19.4. The molecule has 0 aliphatic carbocycles. The minimum absolute atomic E-state index is 0.0361. The van der Waals surface area contributed by atoms with Crippen LogP contribution in [0.1, 0.15) is 57.8 Å². The van der Waals surface area contributed by atoms with Gasteiger partial charge in [0.25, 0.3) is 23.6 Å². The third kappa shape index (κ3) is 8.05. The fourth-order valence-corrected chi connectivity index (χ4v) is 4.23. The number of hydrogen-bond donors (Lipinski definition) is 3. The summed E-state index contributed by atoms with van der Waals surface area (Å²) < 4.78 is 0. The van der Waals surface area contributed by atoms with E-state index in [1.807, 2.05) is 0 Å². The number of carbonyl (C=O) groups is 10. The normalized spacial score (nSPS) is 19.3. The number of carboxylic acids is 1. The van der Waals surface area contributed by atoms with Crippen molar-refractivity contribution in [1.29, 1.82) is 0 Å². The lowest BCUT2D eigenvalue weighted by Crippen LogP contribution is -2.54. The van der Waals surface area contributed by atoms with Gasteiger partial charge >= 0.3 is 17.9 Å². The first-order valence-corrected chi connectivity index (χ1v) is 12.6. The second-order valence-electron chi connectivity index (χ2n) is 9.22. The minimum Gasteiger partial charge on any atom is -0.481 e. The average molecular weight is 581 g/mol. The quantitative estimate of drug-likeness (QED) is 0.195. The van der Waals surface area contributed by atoms with Crippen LogP contribution in [0.25, 0.3) is 0 Å². The Bertz CT molecular complexity index is 1150. The summed E-state index contributed by atoms with van der Waals surface area (Å²) >= 11 is 0. The molecule has 18 nitrogen and oxygen atoms in total. The minimum atomic E-state index is -1.61. The van der Waals surface area contributed by atoms with Gasteiger partial charge in [-0.3, -0.25) is 38.4 Å². The smallest absolute Gasteiger partial charge is 0.352 e. The summed E-state index contributed by atoms with van der Waals surface area (Å²) in [6.07, 6.45) is -1.96. The van der Waals surface area contributed by atoms with Gasteiger partial charge in [0.2, 0.25) is 17.7 Å². The standard InChI is InChI=1S/C23H27N5O13/c29-14(3-8-20(36)40-27-15(30)4-5-16(27)31)25-12(10-19(34)35)23(39)26-9-1-2-13(26)22(38)24-11-21(37)41-28-17(32)6-7-18(28)33/h12-13H,1-11H2,(H,24,38)(H,25,29)(H,34,35)/t12-,13-/m0/s1. The van der Waals surface area contributed by atoms with Gasteiger partial charge in [0, 0.05) is 38.6 Å². The summed E-state index contributed by atoms with van der Waals surface area (Å²) in [5.74, 6) is -9.05. The van der Waals surface area contributed by atoms with Gasteiger partial charge in [-0.25, -0.2) is 9.59 Å². The zero-order valence-electron chi connectivity index (χ0n) is 21.6. The maximum Gasteiger partial charge on any atom is 0.352 e. The Hall–Kier alpha value is -4.90. The molecule has 3 aliphatic heterocycles. The molecule has 7 amide bonds. The third-order valence-electron chi connectivity index (χ3n) is 6.21. The van der Waals surface area contributed by atoms with E-state index in [0.29, 0.717) is 16.5 Å². The Balaban J connectivity index is 1.52. The molecule has 2 atom stereocenters. The van der Waals surface area contributed by atoms with E-state index in [9.17, 15) is 53.1 Å². The van der Waals surface area contributed by atoms with Crippen LogP contribution in [0.2, 0.25) is 0 Å². The van der Waals surface area contributed by atoms with Gasteiger partial charge in [0.15, 0.2) is 0 Å². The van der Waals surface area contributed by atoms with Gasteiger partial charge in [-0.05, 0) is 12.8 Å². The lowest BCUT2D eigenvalue weighted by atomic mass is 10.1. The Morgan fingerprint density at radius 2 is 1.37 bits per heavy atom. The van der Waals surface area contributed by atoms with E-state index in [0.717, 1.165) is 4.90 Å². The summed E-state index contributed by atoms with van der Waals surface area (Å²) in [4.78, 5) is 130. The Morgan fingerprint density at radius 3 is 1.90 bits per heavy atom. The molecular formula is C23H27N5O13. The lowest BCUT2D eigenvalue weighted by molar-refractivity contribution is -0.197. The molecule has 0 aromatic rings. The lowest BCUT2D eigenvalue weighted by Gasteiger charge is -2.28. The molecule has 0 unspecified atom stereocenters. The van der Waals surface area contributed by atoms with Crippen LogP contribution in [0.15, 0.2) is 0 Å². The van der Waals surface area contributed by atoms with Crippen molar-refractivity contribution in [2.24, 2.45) is 0 Å². The van der Waals surface area contributed by atoms with Crippen LogP contribution in [0.4, 0.5) is 0 Å². The van der Waals surface area contributed by atoms with Gasteiger partial charge in [-0.2, -0.15) is 0 Å². The Morgan fingerprint density at radius 1 is 0.829 bits per heavy atom. The molecule has 0 radical (unpaired) electrons.